The summed E-state index contributed by atoms with van der Waals surface area (Å²) < 4.78 is 0.652. The summed E-state index contributed by atoms with van der Waals surface area (Å²) in [5.41, 5.74) is 0.204. The maximum atomic E-state index is 11.3. The van der Waals surface area contributed by atoms with Crippen LogP contribution in [0.2, 0.25) is 0 Å². The van der Waals surface area contributed by atoms with Gasteiger partial charge in [0.2, 0.25) is 0 Å². The van der Waals surface area contributed by atoms with E-state index in [1.165, 1.54) is 0 Å². The molecule has 0 heterocycles. The third-order valence-electron chi connectivity index (χ3n) is 2.73. The minimum absolute atomic E-state index is 0.521. The van der Waals surface area contributed by atoms with E-state index in [1.54, 1.807) is 25.1 Å². The van der Waals surface area contributed by atoms with Gasteiger partial charge in [-0.2, -0.15) is 5.26 Å². The zero-order valence-corrected chi connectivity index (χ0v) is 11.9. The molecule has 0 aromatic heterocycles. The number of benzene rings is 1. The van der Waals surface area contributed by atoms with Gasteiger partial charge in [-0.3, -0.25) is 0 Å². The van der Waals surface area contributed by atoms with Crippen molar-refractivity contribution in [2.45, 2.75) is 32.2 Å². The second-order valence-electron chi connectivity index (χ2n) is 4.32. The van der Waals surface area contributed by atoms with Crippen LogP contribution in [-0.2, 0) is 4.79 Å². The van der Waals surface area contributed by atoms with E-state index in [4.69, 9.17) is 5.26 Å². The third kappa shape index (κ3) is 3.23. The topological polar surface area (TPSA) is 73.1 Å². The van der Waals surface area contributed by atoms with Gasteiger partial charge in [-0.15, -0.1) is 0 Å². The summed E-state index contributed by atoms with van der Waals surface area (Å²) in [4.78, 5) is 11.3. The second-order valence-corrected chi connectivity index (χ2v) is 5.17. The average molecular weight is 311 g/mol. The molecule has 0 aliphatic carbocycles. The number of carbonyl (C=O) groups is 1. The van der Waals surface area contributed by atoms with E-state index < -0.39 is 11.5 Å². The highest BCUT2D eigenvalue weighted by molar-refractivity contribution is 9.10. The van der Waals surface area contributed by atoms with E-state index in [1.807, 2.05) is 13.0 Å². The molecular formula is C13H15BrN2O2. The smallest absolute Gasteiger partial charge is 0.329 e. The summed E-state index contributed by atoms with van der Waals surface area (Å²) in [7, 11) is 0. The molecule has 96 valence electrons. The average Bonchev–Trinajstić information content (AvgIpc) is 2.29. The Bertz CT molecular complexity index is 496. The number of hydrogen-bond acceptors (Lipinski definition) is 3. The fraction of sp³-hybridized carbons (Fsp3) is 0.385. The number of carboxylic acid groups (broad SMARTS) is 1. The molecule has 0 aliphatic heterocycles. The molecule has 0 amide bonds. The van der Waals surface area contributed by atoms with Crippen molar-refractivity contribution in [2.24, 2.45) is 0 Å². The summed E-state index contributed by atoms with van der Waals surface area (Å²) in [5.74, 6) is -0.884. The molecule has 1 atom stereocenters. The standard InChI is InChI=1S/C13H15BrN2O2/c1-3-6-13(2,12(17)18)16-10-5-4-9(8-15)11(14)7-10/h4-5,7,16H,3,6H2,1-2H3,(H,17,18). The van der Waals surface area contributed by atoms with Gasteiger partial charge in [0.1, 0.15) is 11.6 Å². The molecule has 2 N–H and O–H groups in total. The number of rotatable bonds is 5. The number of aliphatic carboxylic acids is 1. The fourth-order valence-electron chi connectivity index (χ4n) is 1.73. The van der Waals surface area contributed by atoms with Gasteiger partial charge in [0.05, 0.1) is 5.56 Å². The third-order valence-corrected chi connectivity index (χ3v) is 3.39. The Morgan fingerprint density at radius 2 is 2.28 bits per heavy atom. The van der Waals surface area contributed by atoms with E-state index in [9.17, 15) is 9.90 Å². The van der Waals surface area contributed by atoms with Crippen LogP contribution in [0.25, 0.3) is 0 Å². The molecule has 1 rings (SSSR count). The second kappa shape index (κ2) is 5.87. The molecule has 1 aromatic rings. The zero-order valence-electron chi connectivity index (χ0n) is 10.3. The SMILES string of the molecule is CCCC(C)(Nc1ccc(C#N)c(Br)c1)C(=O)O. The first-order chi connectivity index (χ1) is 8.42. The van der Waals surface area contributed by atoms with Crippen molar-refractivity contribution < 1.29 is 9.90 Å². The molecule has 0 fully saturated rings. The van der Waals surface area contributed by atoms with Gasteiger partial charge in [-0.05, 0) is 47.5 Å². The predicted octanol–water partition coefficient (Wildman–Crippen LogP) is 3.38. The van der Waals surface area contributed by atoms with Gasteiger partial charge < -0.3 is 10.4 Å². The molecule has 5 heteroatoms. The van der Waals surface area contributed by atoms with Crippen LogP contribution in [0.15, 0.2) is 22.7 Å². The summed E-state index contributed by atoms with van der Waals surface area (Å²) in [5, 5.41) is 21.1. The summed E-state index contributed by atoms with van der Waals surface area (Å²) in [6.07, 6.45) is 1.30. The molecule has 0 saturated heterocycles. The monoisotopic (exact) mass is 310 g/mol. The normalized spacial score (nSPS) is 13.4. The van der Waals surface area contributed by atoms with Crippen LogP contribution in [0.5, 0.6) is 0 Å². The van der Waals surface area contributed by atoms with Crippen molar-refractivity contribution in [3.05, 3.63) is 28.2 Å². The highest BCUT2D eigenvalue weighted by Crippen LogP contribution is 2.25. The summed E-state index contributed by atoms with van der Waals surface area (Å²) in [6.45, 7) is 3.60. The van der Waals surface area contributed by atoms with Crippen LogP contribution in [-0.4, -0.2) is 16.6 Å². The molecule has 0 radical (unpaired) electrons. The Morgan fingerprint density at radius 1 is 1.61 bits per heavy atom. The van der Waals surface area contributed by atoms with E-state index in [0.29, 0.717) is 22.1 Å². The maximum Gasteiger partial charge on any atom is 0.329 e. The van der Waals surface area contributed by atoms with E-state index in [0.717, 1.165) is 6.42 Å². The number of nitriles is 1. The maximum absolute atomic E-state index is 11.3. The van der Waals surface area contributed by atoms with Crippen LogP contribution in [0.3, 0.4) is 0 Å². The summed E-state index contributed by atoms with van der Waals surface area (Å²) in [6, 6.07) is 7.12. The zero-order chi connectivity index (χ0) is 13.8. The number of nitrogens with one attached hydrogen (secondary N) is 1. The first-order valence-corrected chi connectivity index (χ1v) is 6.43. The molecule has 0 aliphatic rings. The Kier molecular flexibility index (Phi) is 4.74. The predicted molar refractivity (Wildman–Crippen MR) is 73.4 cm³/mol. The Morgan fingerprint density at radius 3 is 2.72 bits per heavy atom. The lowest BCUT2D eigenvalue weighted by molar-refractivity contribution is -0.141. The van der Waals surface area contributed by atoms with Crippen LogP contribution in [0.1, 0.15) is 32.3 Å². The minimum atomic E-state index is -0.998. The van der Waals surface area contributed by atoms with Gasteiger partial charge in [0.25, 0.3) is 0 Å². The number of carboxylic acids is 1. The Hall–Kier alpha value is -1.54. The van der Waals surface area contributed by atoms with Crippen molar-refractivity contribution in [1.82, 2.24) is 0 Å². The molecular weight excluding hydrogens is 296 g/mol. The number of anilines is 1. The fourth-order valence-corrected chi connectivity index (χ4v) is 2.19. The largest absolute Gasteiger partial charge is 0.480 e. The van der Waals surface area contributed by atoms with Gasteiger partial charge in [-0.25, -0.2) is 4.79 Å². The van der Waals surface area contributed by atoms with Gasteiger partial charge in [0, 0.05) is 10.2 Å². The van der Waals surface area contributed by atoms with Gasteiger partial charge in [-0.1, -0.05) is 13.3 Å². The number of nitrogens with zero attached hydrogens (tertiary/aromatic N) is 1. The first kappa shape index (κ1) is 14.5. The van der Waals surface area contributed by atoms with Crippen LogP contribution in [0.4, 0.5) is 5.69 Å². The van der Waals surface area contributed by atoms with Crippen molar-refractivity contribution >= 4 is 27.6 Å². The Labute approximate surface area is 115 Å². The molecule has 0 bridgehead atoms. The van der Waals surface area contributed by atoms with Crippen molar-refractivity contribution in [3.63, 3.8) is 0 Å². The highest BCUT2D eigenvalue weighted by Gasteiger charge is 2.31. The molecule has 1 unspecified atom stereocenters. The van der Waals surface area contributed by atoms with Crippen LogP contribution >= 0.6 is 15.9 Å². The van der Waals surface area contributed by atoms with Gasteiger partial charge >= 0.3 is 5.97 Å². The number of halogens is 1. The van der Waals surface area contributed by atoms with Crippen LogP contribution in [0, 0.1) is 11.3 Å². The van der Waals surface area contributed by atoms with E-state index in [-0.39, 0.29) is 0 Å². The van der Waals surface area contributed by atoms with Crippen LogP contribution < -0.4 is 5.32 Å². The number of hydrogen-bond donors (Lipinski definition) is 2. The van der Waals surface area contributed by atoms with Crippen molar-refractivity contribution in [2.75, 3.05) is 5.32 Å². The molecule has 18 heavy (non-hydrogen) atoms. The van der Waals surface area contributed by atoms with Crippen molar-refractivity contribution in [3.8, 4) is 6.07 Å². The van der Waals surface area contributed by atoms with E-state index >= 15 is 0 Å². The summed E-state index contributed by atoms with van der Waals surface area (Å²) >= 11 is 3.28. The quantitative estimate of drug-likeness (QED) is 0.874. The Balaban J connectivity index is 2.99. The first-order valence-electron chi connectivity index (χ1n) is 5.64. The molecule has 0 saturated carbocycles. The molecule has 4 nitrogen and oxygen atoms in total. The highest BCUT2D eigenvalue weighted by atomic mass is 79.9. The minimum Gasteiger partial charge on any atom is -0.480 e. The lowest BCUT2D eigenvalue weighted by atomic mass is 9.96. The van der Waals surface area contributed by atoms with E-state index in [2.05, 4.69) is 21.2 Å². The van der Waals surface area contributed by atoms with Crippen molar-refractivity contribution in [1.29, 1.82) is 5.26 Å². The van der Waals surface area contributed by atoms with Gasteiger partial charge in [0.15, 0.2) is 0 Å². The lowest BCUT2D eigenvalue weighted by Gasteiger charge is -2.27. The molecule has 0 spiro atoms. The lowest BCUT2D eigenvalue weighted by Crippen LogP contribution is -2.43. The molecule has 1 aromatic carbocycles.